The highest BCUT2D eigenvalue weighted by atomic mass is 19.1. The number of benzene rings is 2. The van der Waals surface area contributed by atoms with Gasteiger partial charge >= 0.3 is 0 Å². The van der Waals surface area contributed by atoms with Crippen molar-refractivity contribution >= 4 is 5.91 Å². The van der Waals surface area contributed by atoms with Crippen LogP contribution in [0, 0.1) is 11.7 Å². The average Bonchev–Trinajstić information content (AvgIpc) is 2.82. The van der Waals surface area contributed by atoms with Gasteiger partial charge in [-0.05, 0) is 48.4 Å². The number of likely N-dealkylation sites (tertiary alicyclic amines) is 1. The fraction of sp³-hybridized carbons (Fsp3) is 0.500. The number of carbonyl (C=O) groups is 1. The van der Waals surface area contributed by atoms with Gasteiger partial charge in [0.05, 0.1) is 13.7 Å². The third kappa shape index (κ3) is 6.08. The van der Waals surface area contributed by atoms with Gasteiger partial charge < -0.3 is 9.64 Å². The van der Waals surface area contributed by atoms with Gasteiger partial charge in [0, 0.05) is 45.8 Å². The van der Waals surface area contributed by atoms with Crippen LogP contribution in [0.4, 0.5) is 4.39 Å². The van der Waals surface area contributed by atoms with Gasteiger partial charge in [-0.25, -0.2) is 4.39 Å². The molecule has 0 unspecified atom stereocenters. The summed E-state index contributed by atoms with van der Waals surface area (Å²) < 4.78 is 18.9. The Balaban J connectivity index is 1.17. The van der Waals surface area contributed by atoms with Crippen LogP contribution in [0.15, 0.2) is 48.5 Å². The molecule has 5 nitrogen and oxygen atoms in total. The fourth-order valence-corrected chi connectivity index (χ4v) is 4.80. The summed E-state index contributed by atoms with van der Waals surface area (Å²) in [6.07, 6.45) is 3.29. The van der Waals surface area contributed by atoms with Gasteiger partial charge in [0.25, 0.3) is 0 Å². The Morgan fingerprint density at radius 1 is 0.938 bits per heavy atom. The van der Waals surface area contributed by atoms with Crippen molar-refractivity contribution in [1.82, 2.24) is 14.7 Å². The fourth-order valence-electron chi connectivity index (χ4n) is 4.80. The number of piperidine rings is 1. The van der Waals surface area contributed by atoms with Crippen molar-refractivity contribution in [2.24, 2.45) is 5.92 Å². The van der Waals surface area contributed by atoms with Gasteiger partial charge in [0.15, 0.2) is 11.6 Å². The molecule has 2 aliphatic rings. The minimum absolute atomic E-state index is 0.258. The summed E-state index contributed by atoms with van der Waals surface area (Å²) in [7, 11) is 1.48. The maximum Gasteiger partial charge on any atom is 0.236 e. The normalized spacial score (nSPS) is 18.6. The van der Waals surface area contributed by atoms with E-state index in [2.05, 4.69) is 40.1 Å². The summed E-state index contributed by atoms with van der Waals surface area (Å²) in [5.74, 6) is 0.893. The zero-order valence-corrected chi connectivity index (χ0v) is 19.0. The van der Waals surface area contributed by atoms with E-state index < -0.39 is 0 Å². The number of hydrogen-bond acceptors (Lipinski definition) is 4. The molecule has 0 radical (unpaired) electrons. The van der Waals surface area contributed by atoms with Gasteiger partial charge in [0.1, 0.15) is 0 Å². The summed E-state index contributed by atoms with van der Waals surface area (Å²) in [5.41, 5.74) is 2.35. The van der Waals surface area contributed by atoms with Crippen LogP contribution in [0.1, 0.15) is 24.0 Å². The Labute approximate surface area is 190 Å². The summed E-state index contributed by atoms with van der Waals surface area (Å²) in [5, 5.41) is 0. The van der Waals surface area contributed by atoms with E-state index in [0.717, 1.165) is 70.6 Å². The second kappa shape index (κ2) is 10.9. The molecule has 2 aliphatic heterocycles. The van der Waals surface area contributed by atoms with E-state index in [1.807, 2.05) is 11.0 Å². The molecule has 0 N–H and O–H groups in total. The molecule has 0 bridgehead atoms. The number of piperazine rings is 1. The number of halogens is 1. The van der Waals surface area contributed by atoms with Crippen LogP contribution < -0.4 is 4.74 Å². The van der Waals surface area contributed by atoms with Gasteiger partial charge in [-0.2, -0.15) is 0 Å². The molecule has 2 fully saturated rings. The minimum atomic E-state index is -0.318. The van der Waals surface area contributed by atoms with Crippen molar-refractivity contribution in [3.8, 4) is 5.75 Å². The maximum atomic E-state index is 13.9. The predicted octanol–water partition coefficient (Wildman–Crippen LogP) is 3.43. The summed E-state index contributed by atoms with van der Waals surface area (Å²) in [6.45, 7) is 6.49. The van der Waals surface area contributed by atoms with Gasteiger partial charge in [-0.3, -0.25) is 14.6 Å². The predicted molar refractivity (Wildman–Crippen MR) is 124 cm³/mol. The smallest absolute Gasteiger partial charge is 0.236 e. The number of nitrogens with zero attached hydrogens (tertiary/aromatic N) is 3. The van der Waals surface area contributed by atoms with Crippen LogP contribution in [-0.2, 0) is 17.8 Å². The summed E-state index contributed by atoms with van der Waals surface area (Å²) in [6, 6.07) is 15.8. The SMILES string of the molecule is COc1ccc(CN2CCN(CC(=O)N3CCC(Cc4ccccc4)CC3)CC2)cc1F. The van der Waals surface area contributed by atoms with Crippen molar-refractivity contribution < 1.29 is 13.9 Å². The molecule has 32 heavy (non-hydrogen) atoms. The molecule has 0 aromatic heterocycles. The third-order valence-corrected chi connectivity index (χ3v) is 6.78. The maximum absolute atomic E-state index is 13.9. The lowest BCUT2D eigenvalue weighted by molar-refractivity contribution is -0.134. The van der Waals surface area contributed by atoms with Crippen LogP contribution in [-0.4, -0.2) is 73.5 Å². The second-order valence-electron chi connectivity index (χ2n) is 9.04. The molecule has 1 amide bonds. The number of methoxy groups -OCH3 is 1. The molecule has 172 valence electrons. The van der Waals surface area contributed by atoms with E-state index in [1.165, 1.54) is 12.7 Å². The molecule has 2 heterocycles. The first kappa shape index (κ1) is 22.7. The van der Waals surface area contributed by atoms with E-state index in [9.17, 15) is 9.18 Å². The quantitative estimate of drug-likeness (QED) is 0.662. The first-order valence-corrected chi connectivity index (χ1v) is 11.7. The minimum Gasteiger partial charge on any atom is -0.494 e. The second-order valence-corrected chi connectivity index (χ2v) is 9.04. The molecule has 0 atom stereocenters. The molecule has 2 aromatic rings. The zero-order chi connectivity index (χ0) is 22.3. The lowest BCUT2D eigenvalue weighted by Gasteiger charge is -2.37. The van der Waals surface area contributed by atoms with Gasteiger partial charge in [0.2, 0.25) is 5.91 Å². The Bertz CT molecular complexity index is 876. The molecular formula is C26H34FN3O2. The first-order chi connectivity index (χ1) is 15.6. The van der Waals surface area contributed by atoms with E-state index in [1.54, 1.807) is 12.1 Å². The lowest BCUT2D eigenvalue weighted by Crippen LogP contribution is -2.50. The number of rotatable bonds is 7. The standard InChI is InChI=1S/C26H34FN3O2/c1-32-25-8-7-23(18-24(25)27)19-28-13-15-29(16-14-28)20-26(31)30-11-9-22(10-12-30)17-21-5-3-2-4-6-21/h2-8,18,22H,9-17,19-20H2,1H3. The Hall–Kier alpha value is -2.44. The van der Waals surface area contributed by atoms with Crippen molar-refractivity contribution in [3.63, 3.8) is 0 Å². The highest BCUT2D eigenvalue weighted by Gasteiger charge is 2.26. The van der Waals surface area contributed by atoms with Crippen LogP contribution in [0.3, 0.4) is 0 Å². The third-order valence-electron chi connectivity index (χ3n) is 6.78. The molecule has 2 saturated heterocycles. The summed E-state index contributed by atoms with van der Waals surface area (Å²) in [4.78, 5) is 19.4. The number of ether oxygens (including phenoxy) is 1. The largest absolute Gasteiger partial charge is 0.494 e. The molecular weight excluding hydrogens is 405 g/mol. The van der Waals surface area contributed by atoms with Crippen LogP contribution in [0.25, 0.3) is 0 Å². The zero-order valence-electron chi connectivity index (χ0n) is 19.0. The average molecular weight is 440 g/mol. The number of carbonyl (C=O) groups excluding carboxylic acids is 1. The highest BCUT2D eigenvalue weighted by Crippen LogP contribution is 2.22. The number of hydrogen-bond donors (Lipinski definition) is 0. The molecule has 0 spiro atoms. The molecule has 2 aromatic carbocycles. The van der Waals surface area contributed by atoms with Crippen molar-refractivity contribution in [2.45, 2.75) is 25.8 Å². The molecule has 0 saturated carbocycles. The van der Waals surface area contributed by atoms with Crippen molar-refractivity contribution in [1.29, 1.82) is 0 Å². The van der Waals surface area contributed by atoms with Crippen molar-refractivity contribution in [2.75, 3.05) is 52.9 Å². The van der Waals surface area contributed by atoms with Crippen LogP contribution in [0.2, 0.25) is 0 Å². The molecule has 6 heteroatoms. The van der Waals surface area contributed by atoms with E-state index >= 15 is 0 Å². The van der Waals surface area contributed by atoms with E-state index in [-0.39, 0.29) is 17.5 Å². The van der Waals surface area contributed by atoms with Gasteiger partial charge in [-0.15, -0.1) is 0 Å². The highest BCUT2D eigenvalue weighted by molar-refractivity contribution is 5.78. The lowest BCUT2D eigenvalue weighted by atomic mass is 9.90. The van der Waals surface area contributed by atoms with Crippen LogP contribution >= 0.6 is 0 Å². The first-order valence-electron chi connectivity index (χ1n) is 11.7. The van der Waals surface area contributed by atoms with Crippen LogP contribution in [0.5, 0.6) is 5.75 Å². The number of amides is 1. The summed E-state index contributed by atoms with van der Waals surface area (Å²) >= 11 is 0. The Morgan fingerprint density at radius 2 is 1.62 bits per heavy atom. The van der Waals surface area contributed by atoms with Gasteiger partial charge in [-0.1, -0.05) is 36.4 Å². The topological polar surface area (TPSA) is 36.0 Å². The monoisotopic (exact) mass is 439 g/mol. The van der Waals surface area contributed by atoms with E-state index in [4.69, 9.17) is 4.74 Å². The Morgan fingerprint density at radius 3 is 2.28 bits per heavy atom. The molecule has 0 aliphatic carbocycles. The van der Waals surface area contributed by atoms with Crippen molar-refractivity contribution in [3.05, 3.63) is 65.5 Å². The van der Waals surface area contributed by atoms with E-state index in [0.29, 0.717) is 12.5 Å². The Kier molecular flexibility index (Phi) is 7.76. The molecule has 4 rings (SSSR count).